The van der Waals surface area contributed by atoms with Crippen LogP contribution in [0.5, 0.6) is 0 Å². The van der Waals surface area contributed by atoms with Crippen LogP contribution in [0, 0.1) is 0 Å². The van der Waals surface area contributed by atoms with Crippen molar-refractivity contribution in [2.24, 2.45) is 0 Å². The average Bonchev–Trinajstić information content (AvgIpc) is 2.92. The van der Waals surface area contributed by atoms with Gasteiger partial charge in [0.2, 0.25) is 11.5 Å². The van der Waals surface area contributed by atoms with Crippen LogP contribution in [0.4, 0.5) is 5.82 Å². The largest absolute Gasteiger partial charge is 0.403 e. The highest BCUT2D eigenvalue weighted by atomic mass is 35.5. The molecule has 1 N–H and O–H groups in total. The predicted octanol–water partition coefficient (Wildman–Crippen LogP) is 2.12. The van der Waals surface area contributed by atoms with Crippen molar-refractivity contribution in [2.45, 2.75) is 6.42 Å². The SMILES string of the molecule is Cl.O=c1oc2nc(N3CCCNCC3)ccc2cc1-c1cn2cccnc2n1. The van der Waals surface area contributed by atoms with E-state index in [9.17, 15) is 4.79 Å². The number of anilines is 1. The van der Waals surface area contributed by atoms with Gasteiger partial charge in [-0.15, -0.1) is 12.4 Å². The monoisotopic (exact) mass is 398 g/mol. The first-order valence-electron chi connectivity index (χ1n) is 8.99. The van der Waals surface area contributed by atoms with Crippen LogP contribution in [-0.4, -0.2) is 45.5 Å². The molecule has 144 valence electrons. The lowest BCUT2D eigenvalue weighted by molar-refractivity contribution is 0.551. The molecule has 9 heteroatoms. The summed E-state index contributed by atoms with van der Waals surface area (Å²) in [6.45, 7) is 3.75. The van der Waals surface area contributed by atoms with Crippen LogP contribution in [0.25, 0.3) is 28.1 Å². The molecule has 4 aromatic heterocycles. The smallest absolute Gasteiger partial charge is 0.347 e. The van der Waals surface area contributed by atoms with E-state index < -0.39 is 5.63 Å². The molecule has 1 fully saturated rings. The van der Waals surface area contributed by atoms with Crippen molar-refractivity contribution < 1.29 is 4.42 Å². The number of aromatic nitrogens is 4. The Morgan fingerprint density at radius 1 is 1.14 bits per heavy atom. The first kappa shape index (κ1) is 18.4. The maximum Gasteiger partial charge on any atom is 0.347 e. The Morgan fingerprint density at radius 2 is 2.07 bits per heavy atom. The van der Waals surface area contributed by atoms with E-state index >= 15 is 0 Å². The molecule has 1 saturated heterocycles. The van der Waals surface area contributed by atoms with E-state index in [1.165, 1.54) is 0 Å². The van der Waals surface area contributed by atoms with Gasteiger partial charge in [-0.25, -0.2) is 14.8 Å². The van der Waals surface area contributed by atoms with Crippen molar-refractivity contribution in [3.63, 3.8) is 0 Å². The fourth-order valence-corrected chi connectivity index (χ4v) is 3.38. The van der Waals surface area contributed by atoms with Crippen LogP contribution >= 0.6 is 12.4 Å². The molecule has 8 nitrogen and oxygen atoms in total. The number of hydrogen-bond donors (Lipinski definition) is 1. The Labute approximate surface area is 166 Å². The molecule has 1 aliphatic rings. The molecule has 28 heavy (non-hydrogen) atoms. The summed E-state index contributed by atoms with van der Waals surface area (Å²) in [6, 6.07) is 7.51. The van der Waals surface area contributed by atoms with Crippen LogP contribution < -0.4 is 15.8 Å². The zero-order valence-corrected chi connectivity index (χ0v) is 15.9. The van der Waals surface area contributed by atoms with Crippen molar-refractivity contribution in [3.05, 3.63) is 53.3 Å². The summed E-state index contributed by atoms with van der Waals surface area (Å²) >= 11 is 0. The summed E-state index contributed by atoms with van der Waals surface area (Å²) in [7, 11) is 0. The Kier molecular flexibility index (Phi) is 4.97. The topological polar surface area (TPSA) is 88.6 Å². The second-order valence-electron chi connectivity index (χ2n) is 6.56. The highest BCUT2D eigenvalue weighted by molar-refractivity contribution is 5.85. The van der Waals surface area contributed by atoms with E-state index in [2.05, 4.69) is 25.2 Å². The summed E-state index contributed by atoms with van der Waals surface area (Å²) in [4.78, 5) is 27.9. The molecule has 0 amide bonds. The van der Waals surface area contributed by atoms with Crippen LogP contribution in [0.1, 0.15) is 6.42 Å². The summed E-state index contributed by atoms with van der Waals surface area (Å²) < 4.78 is 7.30. The molecule has 0 atom stereocenters. The van der Waals surface area contributed by atoms with Gasteiger partial charge in [0.1, 0.15) is 5.82 Å². The number of fused-ring (bicyclic) bond motifs is 2. The van der Waals surface area contributed by atoms with Gasteiger partial charge < -0.3 is 14.6 Å². The van der Waals surface area contributed by atoms with Gasteiger partial charge in [-0.1, -0.05) is 0 Å². The van der Waals surface area contributed by atoms with Crippen molar-refractivity contribution >= 4 is 35.1 Å². The third-order valence-electron chi connectivity index (χ3n) is 4.76. The van der Waals surface area contributed by atoms with E-state index in [1.807, 2.05) is 24.4 Å². The molecule has 4 aromatic rings. The molecule has 0 spiro atoms. The lowest BCUT2D eigenvalue weighted by Gasteiger charge is -2.20. The molecule has 0 aliphatic carbocycles. The Bertz CT molecular complexity index is 1150. The zero-order valence-electron chi connectivity index (χ0n) is 15.0. The lowest BCUT2D eigenvalue weighted by atomic mass is 10.2. The molecule has 5 heterocycles. The van der Waals surface area contributed by atoms with E-state index in [0.717, 1.165) is 43.8 Å². The molecular formula is C19H19ClN6O2. The van der Waals surface area contributed by atoms with Gasteiger partial charge >= 0.3 is 5.63 Å². The van der Waals surface area contributed by atoms with E-state index in [0.29, 0.717) is 22.7 Å². The second-order valence-corrected chi connectivity index (χ2v) is 6.56. The van der Waals surface area contributed by atoms with Gasteiger partial charge in [0.25, 0.3) is 0 Å². The summed E-state index contributed by atoms with van der Waals surface area (Å²) in [5, 5.41) is 4.14. The molecule has 0 bridgehead atoms. The number of imidazole rings is 1. The normalized spacial score (nSPS) is 14.8. The van der Waals surface area contributed by atoms with Crippen molar-refractivity contribution in [1.29, 1.82) is 0 Å². The van der Waals surface area contributed by atoms with Gasteiger partial charge in [-0.2, -0.15) is 4.98 Å². The van der Waals surface area contributed by atoms with Gasteiger partial charge in [0.05, 0.1) is 11.3 Å². The molecule has 0 saturated carbocycles. The predicted molar refractivity (Wildman–Crippen MR) is 109 cm³/mol. The molecule has 1 aliphatic heterocycles. The Hall–Kier alpha value is -2.97. The minimum absolute atomic E-state index is 0. The average molecular weight is 399 g/mol. The highest BCUT2D eigenvalue weighted by Crippen LogP contribution is 2.22. The van der Waals surface area contributed by atoms with Crippen molar-refractivity contribution in [2.75, 3.05) is 31.1 Å². The number of nitrogens with zero attached hydrogens (tertiary/aromatic N) is 5. The number of nitrogens with one attached hydrogen (secondary N) is 1. The summed E-state index contributed by atoms with van der Waals surface area (Å²) in [6.07, 6.45) is 6.33. The third-order valence-corrected chi connectivity index (χ3v) is 4.76. The van der Waals surface area contributed by atoms with Crippen LogP contribution in [0.2, 0.25) is 0 Å². The van der Waals surface area contributed by atoms with Crippen LogP contribution in [0.15, 0.2) is 52.1 Å². The van der Waals surface area contributed by atoms with Crippen molar-refractivity contribution in [3.8, 4) is 11.3 Å². The van der Waals surface area contributed by atoms with Crippen LogP contribution in [-0.2, 0) is 0 Å². The summed E-state index contributed by atoms with van der Waals surface area (Å²) in [5.41, 5.74) is 0.835. The molecule has 0 aromatic carbocycles. The van der Waals surface area contributed by atoms with Gasteiger partial charge in [0, 0.05) is 43.6 Å². The number of rotatable bonds is 2. The standard InChI is InChI=1S/C19H18N6O2.ClH/c26-18-14(15-12-25-9-2-6-21-19(25)22-15)11-13-3-4-16(23-17(13)27-18)24-8-1-5-20-7-10-24;/h2-4,6,9,11-12,20H,1,5,7-8,10H2;1H. The second kappa shape index (κ2) is 7.57. The zero-order chi connectivity index (χ0) is 18.2. The minimum Gasteiger partial charge on any atom is -0.403 e. The fraction of sp³-hybridized carbons (Fsp3) is 0.263. The lowest BCUT2D eigenvalue weighted by Crippen LogP contribution is -2.28. The Morgan fingerprint density at radius 3 is 2.96 bits per heavy atom. The van der Waals surface area contributed by atoms with E-state index in [-0.39, 0.29) is 12.4 Å². The van der Waals surface area contributed by atoms with Crippen molar-refractivity contribution in [1.82, 2.24) is 24.7 Å². The maximum absolute atomic E-state index is 12.6. The number of hydrogen-bond acceptors (Lipinski definition) is 7. The van der Waals surface area contributed by atoms with Gasteiger partial charge in [-0.05, 0) is 37.2 Å². The maximum atomic E-state index is 12.6. The van der Waals surface area contributed by atoms with E-state index in [4.69, 9.17) is 4.42 Å². The number of pyridine rings is 1. The molecule has 0 unspecified atom stereocenters. The molecule has 5 rings (SSSR count). The fourth-order valence-electron chi connectivity index (χ4n) is 3.38. The molecular weight excluding hydrogens is 380 g/mol. The highest BCUT2D eigenvalue weighted by Gasteiger charge is 2.15. The van der Waals surface area contributed by atoms with E-state index in [1.54, 1.807) is 22.9 Å². The first-order chi connectivity index (χ1) is 13.3. The third kappa shape index (κ3) is 3.32. The van der Waals surface area contributed by atoms with Crippen LogP contribution in [0.3, 0.4) is 0 Å². The van der Waals surface area contributed by atoms with Gasteiger partial charge in [0.15, 0.2) is 0 Å². The molecule has 0 radical (unpaired) electrons. The Balaban J connectivity index is 0.00000192. The first-order valence-corrected chi connectivity index (χ1v) is 8.99. The minimum atomic E-state index is -0.451. The van der Waals surface area contributed by atoms with Gasteiger partial charge in [-0.3, -0.25) is 4.40 Å². The number of halogens is 1. The quantitative estimate of drug-likeness (QED) is 0.553. The summed E-state index contributed by atoms with van der Waals surface area (Å²) in [5.74, 6) is 1.37.